The Labute approximate surface area is 163 Å². The van der Waals surface area contributed by atoms with Gasteiger partial charge in [0.2, 0.25) is 0 Å². The highest BCUT2D eigenvalue weighted by Crippen LogP contribution is 2.30. The van der Waals surface area contributed by atoms with Crippen LogP contribution >= 0.6 is 0 Å². The number of rotatable bonds is 4. The van der Waals surface area contributed by atoms with Gasteiger partial charge in [0.1, 0.15) is 11.7 Å². The van der Waals surface area contributed by atoms with Crippen molar-refractivity contribution >= 4 is 11.0 Å². The summed E-state index contributed by atoms with van der Waals surface area (Å²) in [5.41, 5.74) is 1.03. The van der Waals surface area contributed by atoms with E-state index in [9.17, 15) is 18.0 Å². The zero-order valence-electron chi connectivity index (χ0n) is 15.4. The minimum atomic E-state index is -4.47. The van der Waals surface area contributed by atoms with Gasteiger partial charge in [-0.15, -0.1) is 0 Å². The summed E-state index contributed by atoms with van der Waals surface area (Å²) in [6.45, 7) is 2.27. The van der Waals surface area contributed by atoms with Crippen LogP contribution in [0.4, 0.5) is 13.2 Å². The van der Waals surface area contributed by atoms with Gasteiger partial charge >= 0.3 is 6.18 Å². The average molecular weight is 399 g/mol. The van der Waals surface area contributed by atoms with Gasteiger partial charge in [0, 0.05) is 6.20 Å². The quantitative estimate of drug-likeness (QED) is 0.526. The molecule has 4 aromatic rings. The van der Waals surface area contributed by atoms with Gasteiger partial charge in [0.05, 0.1) is 29.7 Å². The number of hydrogen-bond acceptors (Lipinski definition) is 4. The van der Waals surface area contributed by atoms with Crippen LogP contribution in [0.2, 0.25) is 0 Å². The molecule has 3 aromatic heterocycles. The average Bonchev–Trinajstić information content (AvgIpc) is 3.15. The molecule has 0 saturated carbocycles. The smallest absolute Gasteiger partial charge is 0.292 e. The molecule has 0 unspecified atom stereocenters. The predicted octanol–water partition coefficient (Wildman–Crippen LogP) is 3.61. The van der Waals surface area contributed by atoms with Gasteiger partial charge in [-0.25, -0.2) is 9.67 Å². The molecule has 0 aliphatic rings. The first-order valence-corrected chi connectivity index (χ1v) is 8.91. The molecule has 0 aliphatic heterocycles. The molecule has 0 bridgehead atoms. The molecule has 3 heterocycles. The van der Waals surface area contributed by atoms with Crippen molar-refractivity contribution in [1.29, 1.82) is 0 Å². The van der Waals surface area contributed by atoms with Gasteiger partial charge in [-0.1, -0.05) is 19.1 Å². The SMILES string of the molecule is CCc1ccc(Cn2cnc3c(cnn3-c3cccc(C(F)(F)F)c3)c2=O)nc1. The topological polar surface area (TPSA) is 65.6 Å². The van der Waals surface area contributed by atoms with E-state index in [1.807, 2.05) is 19.1 Å². The fraction of sp³-hybridized carbons (Fsp3) is 0.200. The van der Waals surface area contributed by atoms with Gasteiger partial charge in [0.15, 0.2) is 5.65 Å². The Bertz CT molecular complexity index is 1230. The molecule has 4 rings (SSSR count). The Balaban J connectivity index is 1.72. The number of hydrogen-bond donors (Lipinski definition) is 0. The van der Waals surface area contributed by atoms with Crippen LogP contribution in [0.3, 0.4) is 0 Å². The van der Waals surface area contributed by atoms with Crippen molar-refractivity contribution in [2.24, 2.45) is 0 Å². The van der Waals surface area contributed by atoms with E-state index in [4.69, 9.17) is 0 Å². The molecule has 0 fully saturated rings. The van der Waals surface area contributed by atoms with Crippen molar-refractivity contribution in [3.63, 3.8) is 0 Å². The van der Waals surface area contributed by atoms with Gasteiger partial charge in [-0.05, 0) is 36.2 Å². The Kier molecular flexibility index (Phi) is 4.65. The Morgan fingerprint density at radius 2 is 1.90 bits per heavy atom. The molecular formula is C20H16F3N5O. The Morgan fingerprint density at radius 1 is 1.07 bits per heavy atom. The largest absolute Gasteiger partial charge is 0.416 e. The number of benzene rings is 1. The van der Waals surface area contributed by atoms with E-state index < -0.39 is 11.7 Å². The van der Waals surface area contributed by atoms with Crippen LogP contribution < -0.4 is 5.56 Å². The van der Waals surface area contributed by atoms with Crippen LogP contribution in [0.5, 0.6) is 0 Å². The summed E-state index contributed by atoms with van der Waals surface area (Å²) in [5.74, 6) is 0. The van der Waals surface area contributed by atoms with Crippen LogP contribution in [0.25, 0.3) is 16.7 Å². The van der Waals surface area contributed by atoms with E-state index in [1.54, 1.807) is 6.20 Å². The first kappa shape index (κ1) is 18.9. The summed E-state index contributed by atoms with van der Waals surface area (Å²) in [6, 6.07) is 8.52. The lowest BCUT2D eigenvalue weighted by molar-refractivity contribution is -0.137. The monoisotopic (exact) mass is 399 g/mol. The maximum absolute atomic E-state index is 13.0. The zero-order valence-corrected chi connectivity index (χ0v) is 15.4. The zero-order chi connectivity index (χ0) is 20.6. The molecule has 0 radical (unpaired) electrons. The standard InChI is InChI=1S/C20H16F3N5O/c1-2-13-6-7-15(24-9-13)11-27-12-25-18-17(19(27)29)10-26-28(18)16-5-3-4-14(8-16)20(21,22)23/h3-10,12H,2,11H2,1H3. The predicted molar refractivity (Wildman–Crippen MR) is 101 cm³/mol. The Hall–Kier alpha value is -3.49. The normalized spacial score (nSPS) is 11.9. The first-order chi connectivity index (χ1) is 13.9. The summed E-state index contributed by atoms with van der Waals surface area (Å²) < 4.78 is 41.6. The van der Waals surface area contributed by atoms with Crippen LogP contribution in [-0.2, 0) is 19.1 Å². The molecule has 0 N–H and O–H groups in total. The fourth-order valence-corrected chi connectivity index (χ4v) is 3.00. The molecule has 0 amide bonds. The fourth-order valence-electron chi connectivity index (χ4n) is 3.00. The molecule has 6 nitrogen and oxygen atoms in total. The summed E-state index contributed by atoms with van der Waals surface area (Å²) in [5, 5.41) is 4.30. The molecular weight excluding hydrogens is 383 g/mol. The van der Waals surface area contributed by atoms with E-state index in [1.165, 1.54) is 33.9 Å². The third kappa shape index (κ3) is 3.63. The second-order valence-corrected chi connectivity index (χ2v) is 6.53. The van der Waals surface area contributed by atoms with Crippen molar-refractivity contribution in [2.45, 2.75) is 26.1 Å². The number of aryl methyl sites for hydroxylation is 1. The lowest BCUT2D eigenvalue weighted by atomic mass is 10.2. The molecule has 9 heteroatoms. The van der Waals surface area contributed by atoms with Crippen molar-refractivity contribution < 1.29 is 13.2 Å². The molecule has 1 aromatic carbocycles. The second kappa shape index (κ2) is 7.16. The van der Waals surface area contributed by atoms with Gasteiger partial charge in [0.25, 0.3) is 5.56 Å². The van der Waals surface area contributed by atoms with Crippen molar-refractivity contribution in [3.05, 3.63) is 82.3 Å². The van der Waals surface area contributed by atoms with E-state index in [2.05, 4.69) is 15.1 Å². The molecule has 0 atom stereocenters. The van der Waals surface area contributed by atoms with Crippen molar-refractivity contribution in [1.82, 2.24) is 24.3 Å². The van der Waals surface area contributed by atoms with Gasteiger partial charge in [-0.3, -0.25) is 14.3 Å². The first-order valence-electron chi connectivity index (χ1n) is 8.91. The van der Waals surface area contributed by atoms with Crippen LogP contribution in [-0.4, -0.2) is 24.3 Å². The third-order valence-electron chi connectivity index (χ3n) is 4.60. The number of fused-ring (bicyclic) bond motifs is 1. The highest BCUT2D eigenvalue weighted by molar-refractivity contribution is 5.75. The molecule has 0 spiro atoms. The summed E-state index contributed by atoms with van der Waals surface area (Å²) in [4.78, 5) is 21.4. The van der Waals surface area contributed by atoms with E-state index in [0.717, 1.165) is 24.1 Å². The highest BCUT2D eigenvalue weighted by Gasteiger charge is 2.30. The van der Waals surface area contributed by atoms with E-state index in [-0.39, 0.29) is 28.8 Å². The second-order valence-electron chi connectivity index (χ2n) is 6.53. The number of halogens is 3. The number of alkyl halides is 3. The number of aromatic nitrogens is 5. The van der Waals surface area contributed by atoms with E-state index >= 15 is 0 Å². The summed E-state index contributed by atoms with van der Waals surface area (Å²) >= 11 is 0. The van der Waals surface area contributed by atoms with Crippen LogP contribution in [0.15, 0.2) is 59.9 Å². The molecule has 0 saturated heterocycles. The molecule has 0 aliphatic carbocycles. The molecule has 29 heavy (non-hydrogen) atoms. The minimum Gasteiger partial charge on any atom is -0.292 e. The molecule has 148 valence electrons. The van der Waals surface area contributed by atoms with Crippen molar-refractivity contribution in [2.75, 3.05) is 0 Å². The highest BCUT2D eigenvalue weighted by atomic mass is 19.4. The van der Waals surface area contributed by atoms with Crippen LogP contribution in [0.1, 0.15) is 23.7 Å². The summed E-state index contributed by atoms with van der Waals surface area (Å²) in [7, 11) is 0. The minimum absolute atomic E-state index is 0.177. The lowest BCUT2D eigenvalue weighted by Crippen LogP contribution is -2.21. The summed E-state index contributed by atoms with van der Waals surface area (Å²) in [6.07, 6.45) is 0.827. The van der Waals surface area contributed by atoms with Crippen molar-refractivity contribution in [3.8, 4) is 5.69 Å². The Morgan fingerprint density at radius 3 is 2.59 bits per heavy atom. The maximum atomic E-state index is 13.0. The third-order valence-corrected chi connectivity index (χ3v) is 4.60. The van der Waals surface area contributed by atoms with Crippen LogP contribution in [0, 0.1) is 0 Å². The van der Waals surface area contributed by atoms with Gasteiger partial charge < -0.3 is 0 Å². The maximum Gasteiger partial charge on any atom is 0.416 e. The number of pyridine rings is 1. The van der Waals surface area contributed by atoms with Gasteiger partial charge in [-0.2, -0.15) is 18.3 Å². The number of nitrogens with zero attached hydrogens (tertiary/aromatic N) is 5. The van der Waals surface area contributed by atoms with E-state index in [0.29, 0.717) is 5.69 Å². The lowest BCUT2D eigenvalue weighted by Gasteiger charge is -2.09.